The van der Waals surface area contributed by atoms with Crippen molar-refractivity contribution in [1.82, 2.24) is 4.98 Å². The summed E-state index contributed by atoms with van der Waals surface area (Å²) in [5.41, 5.74) is 7.70. The molecule has 3 nitrogen and oxygen atoms in total. The number of benzene rings is 1. The first-order valence-corrected chi connectivity index (χ1v) is 6.41. The smallest absolute Gasteiger partial charge is 0.194 e. The summed E-state index contributed by atoms with van der Waals surface area (Å²) in [6, 6.07) is 6.14. The zero-order chi connectivity index (χ0) is 12.3. The van der Waals surface area contributed by atoms with Crippen molar-refractivity contribution in [1.29, 1.82) is 0 Å². The molecule has 0 spiro atoms. The molecule has 0 fully saturated rings. The summed E-state index contributed by atoms with van der Waals surface area (Å²) < 4.78 is 6.76. The molecular weight excluding hydrogens is 280 g/mol. The highest BCUT2D eigenvalue weighted by atomic mass is 79.9. The van der Waals surface area contributed by atoms with E-state index >= 15 is 0 Å². The molecule has 0 bridgehead atoms. The molecule has 17 heavy (non-hydrogen) atoms. The molecule has 0 aliphatic rings. The van der Waals surface area contributed by atoms with Gasteiger partial charge < -0.3 is 10.2 Å². The van der Waals surface area contributed by atoms with Crippen molar-refractivity contribution in [2.75, 3.05) is 6.54 Å². The van der Waals surface area contributed by atoms with Gasteiger partial charge in [-0.05, 0) is 31.5 Å². The largest absolute Gasteiger partial charge is 0.441 e. The van der Waals surface area contributed by atoms with Gasteiger partial charge in [0.1, 0.15) is 0 Å². The van der Waals surface area contributed by atoms with Crippen LogP contribution < -0.4 is 5.73 Å². The molecule has 1 aromatic carbocycles. The lowest BCUT2D eigenvalue weighted by Gasteiger charge is -2.00. The fourth-order valence-corrected chi connectivity index (χ4v) is 1.94. The monoisotopic (exact) mass is 294 g/mol. The lowest BCUT2D eigenvalue weighted by atomic mass is 10.1. The summed E-state index contributed by atoms with van der Waals surface area (Å²) in [7, 11) is 0. The van der Waals surface area contributed by atoms with Crippen molar-refractivity contribution in [3.05, 3.63) is 40.3 Å². The van der Waals surface area contributed by atoms with E-state index in [2.05, 4.69) is 33.9 Å². The van der Waals surface area contributed by atoms with E-state index in [-0.39, 0.29) is 0 Å². The second-order valence-electron chi connectivity index (χ2n) is 3.97. The molecule has 4 heteroatoms. The van der Waals surface area contributed by atoms with E-state index in [4.69, 9.17) is 10.2 Å². The van der Waals surface area contributed by atoms with Gasteiger partial charge in [-0.25, -0.2) is 4.98 Å². The molecule has 0 aliphatic heterocycles. The molecule has 0 unspecified atom stereocenters. The Hall–Kier alpha value is -1.13. The first kappa shape index (κ1) is 12.3. The van der Waals surface area contributed by atoms with E-state index in [0.29, 0.717) is 6.54 Å². The standard InChI is InChI=1S/C13H15BrN2O/c1-9-4-5-10(7-11(9)14)12-8-16-13(17-12)3-2-6-15/h4-5,7-8H,2-3,6,15H2,1H3. The Morgan fingerprint density at radius 2 is 2.24 bits per heavy atom. The highest BCUT2D eigenvalue weighted by Gasteiger charge is 2.07. The topological polar surface area (TPSA) is 52.0 Å². The lowest BCUT2D eigenvalue weighted by Crippen LogP contribution is -2.00. The SMILES string of the molecule is Cc1ccc(-c2cnc(CCCN)o2)cc1Br. The summed E-state index contributed by atoms with van der Waals surface area (Å²) in [6.07, 6.45) is 3.46. The van der Waals surface area contributed by atoms with Crippen molar-refractivity contribution in [2.45, 2.75) is 19.8 Å². The Balaban J connectivity index is 2.21. The molecule has 90 valence electrons. The number of aromatic nitrogens is 1. The number of hydrogen-bond donors (Lipinski definition) is 1. The van der Waals surface area contributed by atoms with Crippen LogP contribution in [0, 0.1) is 6.92 Å². The van der Waals surface area contributed by atoms with Crippen LogP contribution in [-0.2, 0) is 6.42 Å². The molecule has 0 aliphatic carbocycles. The molecule has 0 atom stereocenters. The van der Waals surface area contributed by atoms with Gasteiger partial charge in [-0.15, -0.1) is 0 Å². The van der Waals surface area contributed by atoms with Gasteiger partial charge in [-0.3, -0.25) is 0 Å². The minimum Gasteiger partial charge on any atom is -0.441 e. The number of halogens is 1. The maximum Gasteiger partial charge on any atom is 0.194 e. The molecule has 0 radical (unpaired) electrons. The van der Waals surface area contributed by atoms with Crippen LogP contribution in [0.25, 0.3) is 11.3 Å². The lowest BCUT2D eigenvalue weighted by molar-refractivity contribution is 0.499. The Labute approximate surface area is 109 Å². The maximum absolute atomic E-state index is 5.68. The van der Waals surface area contributed by atoms with Crippen LogP contribution in [-0.4, -0.2) is 11.5 Å². The Kier molecular flexibility index (Phi) is 3.97. The van der Waals surface area contributed by atoms with Gasteiger partial charge in [0.2, 0.25) is 0 Å². The normalized spacial score (nSPS) is 10.8. The average molecular weight is 295 g/mol. The fourth-order valence-electron chi connectivity index (χ4n) is 1.56. The van der Waals surface area contributed by atoms with E-state index in [0.717, 1.165) is 34.5 Å². The summed E-state index contributed by atoms with van der Waals surface area (Å²) in [5.74, 6) is 1.56. The van der Waals surface area contributed by atoms with Gasteiger partial charge >= 0.3 is 0 Å². The first-order valence-electron chi connectivity index (χ1n) is 5.62. The second-order valence-corrected chi connectivity index (χ2v) is 4.83. The molecule has 0 amide bonds. The Bertz CT molecular complexity index is 508. The zero-order valence-corrected chi connectivity index (χ0v) is 11.3. The van der Waals surface area contributed by atoms with Crippen LogP contribution in [0.4, 0.5) is 0 Å². The van der Waals surface area contributed by atoms with E-state index in [1.54, 1.807) is 6.20 Å². The highest BCUT2D eigenvalue weighted by Crippen LogP contribution is 2.26. The third-order valence-corrected chi connectivity index (χ3v) is 3.46. The number of nitrogens with zero attached hydrogens (tertiary/aromatic N) is 1. The summed E-state index contributed by atoms with van der Waals surface area (Å²) in [6.45, 7) is 2.72. The van der Waals surface area contributed by atoms with Gasteiger partial charge in [-0.1, -0.05) is 28.1 Å². The van der Waals surface area contributed by atoms with Crippen LogP contribution in [0.15, 0.2) is 33.3 Å². The molecule has 1 heterocycles. The van der Waals surface area contributed by atoms with E-state index in [1.807, 2.05) is 12.1 Å². The molecule has 2 N–H and O–H groups in total. The average Bonchev–Trinajstić information content (AvgIpc) is 2.79. The van der Waals surface area contributed by atoms with Gasteiger partial charge in [0.25, 0.3) is 0 Å². The van der Waals surface area contributed by atoms with E-state index in [9.17, 15) is 0 Å². The fraction of sp³-hybridized carbons (Fsp3) is 0.308. The number of hydrogen-bond acceptors (Lipinski definition) is 3. The molecule has 2 rings (SSSR count). The predicted molar refractivity (Wildman–Crippen MR) is 71.8 cm³/mol. The summed E-state index contributed by atoms with van der Waals surface area (Å²) in [5, 5.41) is 0. The van der Waals surface area contributed by atoms with E-state index < -0.39 is 0 Å². The minimum atomic E-state index is 0.661. The molecule has 1 aromatic heterocycles. The third-order valence-electron chi connectivity index (χ3n) is 2.60. The van der Waals surface area contributed by atoms with Gasteiger partial charge in [0.05, 0.1) is 6.20 Å². The van der Waals surface area contributed by atoms with E-state index in [1.165, 1.54) is 5.56 Å². The molecular formula is C13H15BrN2O. The van der Waals surface area contributed by atoms with Crippen LogP contribution in [0.2, 0.25) is 0 Å². The Morgan fingerprint density at radius 3 is 2.94 bits per heavy atom. The van der Waals surface area contributed by atoms with Crippen molar-refractivity contribution in [2.24, 2.45) is 5.73 Å². The predicted octanol–water partition coefficient (Wildman–Crippen LogP) is 3.30. The number of aryl methyl sites for hydroxylation is 2. The minimum absolute atomic E-state index is 0.661. The zero-order valence-electron chi connectivity index (χ0n) is 9.74. The van der Waals surface area contributed by atoms with Crippen molar-refractivity contribution in [3.8, 4) is 11.3 Å². The van der Waals surface area contributed by atoms with Crippen LogP contribution in [0.5, 0.6) is 0 Å². The quantitative estimate of drug-likeness (QED) is 0.941. The molecule has 0 saturated carbocycles. The first-order chi connectivity index (χ1) is 8.20. The van der Waals surface area contributed by atoms with Crippen LogP contribution >= 0.6 is 15.9 Å². The van der Waals surface area contributed by atoms with Crippen LogP contribution in [0.1, 0.15) is 17.9 Å². The number of rotatable bonds is 4. The summed E-state index contributed by atoms with van der Waals surface area (Å²) in [4.78, 5) is 4.24. The van der Waals surface area contributed by atoms with Gasteiger partial charge in [0, 0.05) is 16.5 Å². The van der Waals surface area contributed by atoms with Gasteiger partial charge in [-0.2, -0.15) is 0 Å². The maximum atomic E-state index is 5.68. The number of nitrogens with two attached hydrogens (primary N) is 1. The second kappa shape index (κ2) is 5.47. The Morgan fingerprint density at radius 1 is 1.41 bits per heavy atom. The van der Waals surface area contributed by atoms with Crippen LogP contribution in [0.3, 0.4) is 0 Å². The third kappa shape index (κ3) is 2.96. The number of oxazole rings is 1. The van der Waals surface area contributed by atoms with Crippen molar-refractivity contribution >= 4 is 15.9 Å². The summed E-state index contributed by atoms with van der Waals surface area (Å²) >= 11 is 3.51. The van der Waals surface area contributed by atoms with Crippen molar-refractivity contribution < 1.29 is 4.42 Å². The highest BCUT2D eigenvalue weighted by molar-refractivity contribution is 9.10. The molecule has 0 saturated heterocycles. The molecule has 2 aromatic rings. The van der Waals surface area contributed by atoms with Crippen molar-refractivity contribution in [3.63, 3.8) is 0 Å². The van der Waals surface area contributed by atoms with Gasteiger partial charge in [0.15, 0.2) is 11.7 Å².